The molecule has 0 aromatic carbocycles. The minimum atomic E-state index is -3.63. The van der Waals surface area contributed by atoms with Gasteiger partial charge in [0, 0.05) is 51.3 Å². The van der Waals surface area contributed by atoms with Gasteiger partial charge in [0.25, 0.3) is 5.91 Å². The smallest absolute Gasteiger partial charge is 0.274 e. The molecule has 5 rings (SSSR count). The highest BCUT2D eigenvalue weighted by atomic mass is 32.2. The van der Waals surface area contributed by atoms with Gasteiger partial charge < -0.3 is 4.90 Å². The number of aryl methyl sites for hydroxylation is 1. The lowest BCUT2D eigenvalue weighted by atomic mass is 9.97. The highest BCUT2D eigenvalue weighted by molar-refractivity contribution is 7.89. The number of aromatic nitrogens is 4. The number of carbonyl (C=O) groups excluding carboxylic acids is 1. The third-order valence-corrected chi connectivity index (χ3v) is 6.89. The molecule has 26 heavy (non-hydrogen) atoms. The fourth-order valence-electron chi connectivity index (χ4n) is 3.74. The van der Waals surface area contributed by atoms with Gasteiger partial charge in [0.2, 0.25) is 10.0 Å². The summed E-state index contributed by atoms with van der Waals surface area (Å²) in [5.74, 6) is -0.0866. The lowest BCUT2D eigenvalue weighted by Gasteiger charge is -2.34. The van der Waals surface area contributed by atoms with Crippen LogP contribution in [-0.4, -0.2) is 69.0 Å². The Morgan fingerprint density at radius 1 is 1.15 bits per heavy atom. The summed E-state index contributed by atoms with van der Waals surface area (Å²) in [5, 5.41) is 3.98. The predicted molar refractivity (Wildman–Crippen MR) is 91.5 cm³/mol. The number of amides is 1. The number of fused-ring (bicyclic) bond motifs is 4. The molecule has 3 fully saturated rings. The first-order valence-corrected chi connectivity index (χ1v) is 9.95. The molecule has 2 aromatic rings. The molecule has 5 heterocycles. The normalized spacial score (nSPS) is 23.8. The minimum Gasteiger partial charge on any atom is -0.335 e. The van der Waals surface area contributed by atoms with Crippen LogP contribution in [0.4, 0.5) is 0 Å². The second kappa shape index (κ2) is 6.44. The summed E-state index contributed by atoms with van der Waals surface area (Å²) in [6.07, 6.45) is 8.98. The molecule has 3 aliphatic heterocycles. The van der Waals surface area contributed by atoms with Crippen molar-refractivity contribution in [2.24, 2.45) is 13.0 Å². The minimum absolute atomic E-state index is 0.112. The zero-order chi connectivity index (χ0) is 18.3. The molecule has 0 unspecified atom stereocenters. The van der Waals surface area contributed by atoms with Crippen LogP contribution in [0.5, 0.6) is 0 Å². The van der Waals surface area contributed by atoms with Crippen LogP contribution < -0.4 is 0 Å². The van der Waals surface area contributed by atoms with E-state index in [0.29, 0.717) is 19.6 Å². The molecule has 0 N–H and O–H groups in total. The number of sulfonamides is 1. The molecule has 3 saturated heterocycles. The van der Waals surface area contributed by atoms with Gasteiger partial charge in [0.15, 0.2) is 0 Å². The van der Waals surface area contributed by atoms with Gasteiger partial charge in [0.05, 0.1) is 12.4 Å². The van der Waals surface area contributed by atoms with E-state index in [-0.39, 0.29) is 28.5 Å². The topological polar surface area (TPSA) is 101 Å². The van der Waals surface area contributed by atoms with Crippen molar-refractivity contribution in [2.75, 3.05) is 19.6 Å². The fourth-order valence-corrected chi connectivity index (χ4v) is 5.45. The average Bonchev–Trinajstić information content (AvgIpc) is 2.89. The van der Waals surface area contributed by atoms with Crippen molar-refractivity contribution >= 4 is 15.9 Å². The summed E-state index contributed by atoms with van der Waals surface area (Å²) in [6, 6.07) is -0.237. The maximum absolute atomic E-state index is 13.0. The van der Waals surface area contributed by atoms with Crippen molar-refractivity contribution in [2.45, 2.75) is 23.8 Å². The first-order chi connectivity index (χ1) is 12.4. The standard InChI is InChI=1S/C16H20N6O3S/c1-20-11-14(6-19-20)26(24,25)22-9-12-2-3-13(22)10-21(8-12)16(23)15-7-17-4-5-18-15/h4-7,11-13H,2-3,8-10H2,1H3/t12-,13+/m0/s1. The molecule has 0 saturated carbocycles. The van der Waals surface area contributed by atoms with Crippen LogP contribution in [0.25, 0.3) is 0 Å². The molecule has 0 spiro atoms. The Balaban J connectivity index is 1.60. The van der Waals surface area contributed by atoms with Crippen molar-refractivity contribution in [3.63, 3.8) is 0 Å². The molecule has 2 atom stereocenters. The monoisotopic (exact) mass is 376 g/mol. The first-order valence-electron chi connectivity index (χ1n) is 8.51. The third-order valence-electron chi connectivity index (χ3n) is 5.02. The van der Waals surface area contributed by atoms with Crippen molar-refractivity contribution in [3.05, 3.63) is 36.7 Å². The van der Waals surface area contributed by atoms with Gasteiger partial charge in [-0.15, -0.1) is 0 Å². The Bertz CT molecular complexity index is 913. The van der Waals surface area contributed by atoms with Crippen LogP contribution in [0, 0.1) is 5.92 Å². The van der Waals surface area contributed by atoms with E-state index in [9.17, 15) is 13.2 Å². The van der Waals surface area contributed by atoms with E-state index in [1.54, 1.807) is 16.3 Å². The summed E-state index contributed by atoms with van der Waals surface area (Å²) in [6.45, 7) is 1.32. The van der Waals surface area contributed by atoms with Crippen molar-refractivity contribution in [3.8, 4) is 0 Å². The summed E-state index contributed by atoms with van der Waals surface area (Å²) in [4.78, 5) is 22.7. The number of hydrogen-bond donors (Lipinski definition) is 0. The molecular weight excluding hydrogens is 356 g/mol. The number of nitrogens with zero attached hydrogens (tertiary/aromatic N) is 6. The van der Waals surface area contributed by atoms with Gasteiger partial charge in [-0.1, -0.05) is 0 Å². The number of carbonyl (C=O) groups is 1. The van der Waals surface area contributed by atoms with E-state index in [2.05, 4.69) is 15.1 Å². The molecule has 2 aromatic heterocycles. The average molecular weight is 376 g/mol. The van der Waals surface area contributed by atoms with Gasteiger partial charge in [-0.3, -0.25) is 14.5 Å². The summed E-state index contributed by atoms with van der Waals surface area (Å²) < 4.78 is 29.1. The first kappa shape index (κ1) is 17.1. The van der Waals surface area contributed by atoms with Crippen LogP contribution in [0.15, 0.2) is 35.9 Å². The summed E-state index contributed by atoms with van der Waals surface area (Å²) in [7, 11) is -1.94. The second-order valence-corrected chi connectivity index (χ2v) is 8.71. The molecule has 9 nitrogen and oxygen atoms in total. The number of hydrogen-bond acceptors (Lipinski definition) is 6. The summed E-state index contributed by atoms with van der Waals surface area (Å²) >= 11 is 0. The Morgan fingerprint density at radius 3 is 2.69 bits per heavy atom. The molecular formula is C16H20N6O3S. The highest BCUT2D eigenvalue weighted by Crippen LogP contribution is 2.32. The van der Waals surface area contributed by atoms with E-state index in [0.717, 1.165) is 12.8 Å². The number of piperidine rings is 1. The Kier molecular flexibility index (Phi) is 4.23. The van der Waals surface area contributed by atoms with Crippen molar-refractivity contribution < 1.29 is 13.2 Å². The maximum atomic E-state index is 13.0. The van der Waals surface area contributed by atoms with Crippen LogP contribution in [0.2, 0.25) is 0 Å². The molecule has 10 heteroatoms. The van der Waals surface area contributed by atoms with Crippen LogP contribution >= 0.6 is 0 Å². The molecule has 0 radical (unpaired) electrons. The molecule has 138 valence electrons. The van der Waals surface area contributed by atoms with Crippen LogP contribution in [0.3, 0.4) is 0 Å². The van der Waals surface area contributed by atoms with E-state index in [4.69, 9.17) is 0 Å². The second-order valence-electron chi connectivity index (χ2n) is 6.82. The highest BCUT2D eigenvalue weighted by Gasteiger charge is 2.42. The van der Waals surface area contributed by atoms with Gasteiger partial charge in [0.1, 0.15) is 10.6 Å². The zero-order valence-corrected chi connectivity index (χ0v) is 15.2. The Morgan fingerprint density at radius 2 is 2.00 bits per heavy atom. The lowest BCUT2D eigenvalue weighted by molar-refractivity contribution is 0.0739. The van der Waals surface area contributed by atoms with E-state index in [1.807, 2.05) is 0 Å². The summed E-state index contributed by atoms with van der Waals surface area (Å²) in [5.41, 5.74) is 0.287. The molecule has 0 aliphatic carbocycles. The molecule has 1 amide bonds. The van der Waals surface area contributed by atoms with Gasteiger partial charge >= 0.3 is 0 Å². The van der Waals surface area contributed by atoms with Crippen molar-refractivity contribution in [1.29, 1.82) is 0 Å². The zero-order valence-electron chi connectivity index (χ0n) is 14.4. The van der Waals surface area contributed by atoms with E-state index in [1.165, 1.54) is 35.7 Å². The largest absolute Gasteiger partial charge is 0.335 e. The quantitative estimate of drug-likeness (QED) is 0.755. The Hall–Kier alpha value is -2.33. The van der Waals surface area contributed by atoms with Gasteiger partial charge in [-0.25, -0.2) is 13.4 Å². The van der Waals surface area contributed by atoms with Crippen LogP contribution in [0.1, 0.15) is 23.3 Å². The van der Waals surface area contributed by atoms with Gasteiger partial charge in [-0.2, -0.15) is 9.40 Å². The molecule has 3 aliphatic rings. The SMILES string of the molecule is Cn1cc(S(=O)(=O)N2C[C@H]3CC[C@@H]2CN(C(=O)c2cnccn2)C3)cn1. The van der Waals surface area contributed by atoms with E-state index < -0.39 is 10.0 Å². The molecule has 2 bridgehead atoms. The van der Waals surface area contributed by atoms with E-state index >= 15 is 0 Å². The van der Waals surface area contributed by atoms with Gasteiger partial charge in [-0.05, 0) is 18.8 Å². The fraction of sp³-hybridized carbons (Fsp3) is 0.500. The van der Waals surface area contributed by atoms with Crippen molar-refractivity contribution in [1.82, 2.24) is 29.0 Å². The predicted octanol–water partition coefficient (Wildman–Crippen LogP) is 0.135. The van der Waals surface area contributed by atoms with Crippen LogP contribution in [-0.2, 0) is 17.1 Å². The number of rotatable bonds is 3. The third kappa shape index (κ3) is 2.99. The maximum Gasteiger partial charge on any atom is 0.274 e. The lowest BCUT2D eigenvalue weighted by Crippen LogP contribution is -2.47. The Labute approximate surface area is 151 Å².